The second-order valence-corrected chi connectivity index (χ2v) is 5.95. The van der Waals surface area contributed by atoms with Gasteiger partial charge in [-0.3, -0.25) is 4.79 Å². The topological polar surface area (TPSA) is 74.0 Å². The zero-order chi connectivity index (χ0) is 16.5. The number of amides is 1. The monoisotopic (exact) mass is 345 g/mol. The van der Waals surface area contributed by atoms with Crippen molar-refractivity contribution in [2.45, 2.75) is 19.5 Å². The molecule has 1 aromatic carbocycles. The Kier molecular flexibility index (Phi) is 3.86. The number of carbonyl (C=O) groups is 1. The molecule has 8 heteroatoms. The highest BCUT2D eigenvalue weighted by Gasteiger charge is 2.25. The van der Waals surface area contributed by atoms with Crippen LogP contribution in [0.15, 0.2) is 30.6 Å². The van der Waals surface area contributed by atoms with Gasteiger partial charge < -0.3 is 14.6 Å². The number of fused-ring (bicyclic) bond motifs is 2. The standard InChI is InChI=1S/C16H16ClN5O2/c17-13-14(20-22-8-9-24-16(13)22)15(23)18-6-3-7-21-10-19-11-4-1-2-5-12(11)21/h1-2,4-5,10H,3,6-9H2,(H,18,23). The van der Waals surface area contributed by atoms with Crippen molar-refractivity contribution in [2.75, 3.05) is 13.2 Å². The molecule has 3 aromatic rings. The molecular formula is C16H16ClN5O2. The van der Waals surface area contributed by atoms with E-state index in [1.54, 1.807) is 4.68 Å². The summed E-state index contributed by atoms with van der Waals surface area (Å²) in [7, 11) is 0. The summed E-state index contributed by atoms with van der Waals surface area (Å²) >= 11 is 6.14. The predicted octanol–water partition coefficient (Wildman–Crippen LogP) is 2.10. The molecule has 4 rings (SSSR count). The number of para-hydroxylation sites is 2. The fourth-order valence-corrected chi connectivity index (χ4v) is 3.09. The molecule has 0 saturated heterocycles. The van der Waals surface area contributed by atoms with Crippen LogP contribution in [0, 0.1) is 0 Å². The fraction of sp³-hybridized carbons (Fsp3) is 0.312. The number of rotatable bonds is 5. The Morgan fingerprint density at radius 3 is 3.12 bits per heavy atom. The number of aromatic nitrogens is 4. The van der Waals surface area contributed by atoms with Gasteiger partial charge in [0, 0.05) is 13.1 Å². The number of ether oxygens (including phenoxy) is 1. The number of imidazole rings is 1. The minimum atomic E-state index is -0.277. The predicted molar refractivity (Wildman–Crippen MR) is 89.4 cm³/mol. The minimum absolute atomic E-state index is 0.222. The first-order chi connectivity index (χ1) is 11.7. The molecule has 0 saturated carbocycles. The van der Waals surface area contributed by atoms with Crippen molar-refractivity contribution < 1.29 is 9.53 Å². The molecule has 0 spiro atoms. The second-order valence-electron chi connectivity index (χ2n) is 5.58. The van der Waals surface area contributed by atoms with Crippen molar-refractivity contribution in [3.05, 3.63) is 41.3 Å². The van der Waals surface area contributed by atoms with Gasteiger partial charge in [0.15, 0.2) is 5.69 Å². The summed E-state index contributed by atoms with van der Waals surface area (Å²) in [6.45, 7) is 2.47. The SMILES string of the molecule is O=C(NCCCn1cnc2ccccc21)c1nn2c(c1Cl)OCC2. The number of nitrogens with zero attached hydrogens (tertiary/aromatic N) is 4. The average Bonchev–Trinajstić information content (AvgIpc) is 3.28. The van der Waals surface area contributed by atoms with Gasteiger partial charge in [-0.05, 0) is 18.6 Å². The van der Waals surface area contributed by atoms with E-state index in [9.17, 15) is 4.79 Å². The molecule has 1 amide bonds. The second kappa shape index (κ2) is 6.16. The number of aryl methyl sites for hydroxylation is 1. The highest BCUT2D eigenvalue weighted by molar-refractivity contribution is 6.34. The van der Waals surface area contributed by atoms with Crippen molar-refractivity contribution in [3.8, 4) is 5.88 Å². The number of hydrogen-bond acceptors (Lipinski definition) is 4. The lowest BCUT2D eigenvalue weighted by atomic mass is 10.3. The first-order valence-corrected chi connectivity index (χ1v) is 8.19. The van der Waals surface area contributed by atoms with E-state index >= 15 is 0 Å². The van der Waals surface area contributed by atoms with E-state index in [-0.39, 0.29) is 16.6 Å². The third-order valence-corrected chi connectivity index (χ3v) is 4.34. The summed E-state index contributed by atoms with van der Waals surface area (Å²) in [6.07, 6.45) is 2.61. The number of nitrogens with one attached hydrogen (secondary N) is 1. The lowest BCUT2D eigenvalue weighted by Gasteiger charge is -2.06. The van der Waals surface area contributed by atoms with E-state index in [2.05, 4.69) is 20.0 Å². The first kappa shape index (κ1) is 15.0. The molecule has 1 aliphatic rings. The highest BCUT2D eigenvalue weighted by atomic mass is 35.5. The number of benzene rings is 1. The Balaban J connectivity index is 1.33. The van der Waals surface area contributed by atoms with E-state index in [1.807, 2.05) is 30.6 Å². The normalized spacial score (nSPS) is 13.0. The van der Waals surface area contributed by atoms with Crippen molar-refractivity contribution in [1.82, 2.24) is 24.6 Å². The van der Waals surface area contributed by atoms with Gasteiger partial charge >= 0.3 is 0 Å². The number of carbonyl (C=O) groups excluding carboxylic acids is 1. The Labute approximate surface area is 143 Å². The van der Waals surface area contributed by atoms with Crippen LogP contribution in [0.4, 0.5) is 0 Å². The minimum Gasteiger partial charge on any atom is -0.475 e. The molecule has 7 nitrogen and oxygen atoms in total. The maximum absolute atomic E-state index is 12.2. The quantitative estimate of drug-likeness (QED) is 0.719. The van der Waals surface area contributed by atoms with Gasteiger partial charge in [0.1, 0.15) is 11.6 Å². The van der Waals surface area contributed by atoms with Crippen LogP contribution >= 0.6 is 11.6 Å². The van der Waals surface area contributed by atoms with E-state index < -0.39 is 0 Å². The maximum Gasteiger partial charge on any atom is 0.273 e. The van der Waals surface area contributed by atoms with Gasteiger partial charge in [0.2, 0.25) is 5.88 Å². The first-order valence-electron chi connectivity index (χ1n) is 7.81. The third-order valence-electron chi connectivity index (χ3n) is 4.00. The Bertz CT molecular complexity index is 901. The van der Waals surface area contributed by atoms with Crippen LogP contribution in [0.3, 0.4) is 0 Å². The van der Waals surface area contributed by atoms with E-state index in [0.29, 0.717) is 25.6 Å². The average molecular weight is 346 g/mol. The smallest absolute Gasteiger partial charge is 0.273 e. The van der Waals surface area contributed by atoms with Crippen molar-refractivity contribution in [2.24, 2.45) is 0 Å². The van der Waals surface area contributed by atoms with Crippen molar-refractivity contribution in [1.29, 1.82) is 0 Å². The van der Waals surface area contributed by atoms with Crippen LogP contribution in [0.2, 0.25) is 5.02 Å². The molecule has 0 atom stereocenters. The van der Waals surface area contributed by atoms with Gasteiger partial charge in [0.05, 0.1) is 23.9 Å². The van der Waals surface area contributed by atoms with Gasteiger partial charge in [-0.2, -0.15) is 5.10 Å². The molecule has 1 aliphatic heterocycles. The number of halogens is 1. The summed E-state index contributed by atoms with van der Waals surface area (Å²) in [5.41, 5.74) is 2.29. The van der Waals surface area contributed by atoms with Crippen molar-refractivity contribution in [3.63, 3.8) is 0 Å². The zero-order valence-corrected chi connectivity index (χ0v) is 13.7. The van der Waals surface area contributed by atoms with E-state index in [0.717, 1.165) is 24.0 Å². The summed E-state index contributed by atoms with van der Waals surface area (Å²) in [6, 6.07) is 7.98. The van der Waals surface area contributed by atoms with Crippen LogP contribution in [0.1, 0.15) is 16.9 Å². The van der Waals surface area contributed by atoms with Gasteiger partial charge in [-0.1, -0.05) is 23.7 Å². The molecule has 2 aromatic heterocycles. The third kappa shape index (κ3) is 2.60. The van der Waals surface area contributed by atoms with Gasteiger partial charge in [-0.15, -0.1) is 0 Å². The molecule has 0 unspecified atom stereocenters. The Morgan fingerprint density at radius 2 is 2.25 bits per heavy atom. The molecule has 24 heavy (non-hydrogen) atoms. The Hall–Kier alpha value is -2.54. The summed E-state index contributed by atoms with van der Waals surface area (Å²) in [4.78, 5) is 16.6. The molecule has 0 bridgehead atoms. The molecule has 0 fully saturated rings. The maximum atomic E-state index is 12.2. The number of hydrogen-bond donors (Lipinski definition) is 1. The van der Waals surface area contributed by atoms with Crippen LogP contribution in [0.5, 0.6) is 5.88 Å². The van der Waals surface area contributed by atoms with Crippen LogP contribution in [-0.4, -0.2) is 38.4 Å². The van der Waals surface area contributed by atoms with Gasteiger partial charge in [-0.25, -0.2) is 9.67 Å². The summed E-state index contributed by atoms with van der Waals surface area (Å²) < 4.78 is 9.05. The zero-order valence-electron chi connectivity index (χ0n) is 12.9. The molecule has 1 N–H and O–H groups in total. The molecule has 124 valence electrons. The van der Waals surface area contributed by atoms with Crippen LogP contribution < -0.4 is 10.1 Å². The molecule has 3 heterocycles. The van der Waals surface area contributed by atoms with E-state index in [4.69, 9.17) is 16.3 Å². The van der Waals surface area contributed by atoms with Gasteiger partial charge in [0.25, 0.3) is 5.91 Å². The van der Waals surface area contributed by atoms with E-state index in [1.165, 1.54) is 0 Å². The summed E-state index contributed by atoms with van der Waals surface area (Å²) in [5, 5.41) is 7.33. The summed E-state index contributed by atoms with van der Waals surface area (Å²) in [5.74, 6) is 0.202. The Morgan fingerprint density at radius 1 is 1.38 bits per heavy atom. The lowest BCUT2D eigenvalue weighted by molar-refractivity contribution is 0.0947. The largest absolute Gasteiger partial charge is 0.475 e. The lowest BCUT2D eigenvalue weighted by Crippen LogP contribution is -2.26. The fourth-order valence-electron chi connectivity index (χ4n) is 2.81. The highest BCUT2D eigenvalue weighted by Crippen LogP contribution is 2.31. The molecule has 0 radical (unpaired) electrons. The van der Waals surface area contributed by atoms with Crippen molar-refractivity contribution >= 4 is 28.5 Å². The molecular weight excluding hydrogens is 330 g/mol. The van der Waals surface area contributed by atoms with Crippen LogP contribution in [0.25, 0.3) is 11.0 Å². The molecule has 0 aliphatic carbocycles. The van der Waals surface area contributed by atoms with Crippen LogP contribution in [-0.2, 0) is 13.1 Å².